The van der Waals surface area contributed by atoms with E-state index in [0.717, 1.165) is 5.56 Å². The Bertz CT molecular complexity index is 1070. The number of fused-ring (bicyclic) bond motifs is 2. The van der Waals surface area contributed by atoms with Crippen LogP contribution in [0.1, 0.15) is 15.2 Å². The second kappa shape index (κ2) is 7.12. The van der Waals surface area contributed by atoms with Gasteiger partial charge in [0.1, 0.15) is 10.6 Å². The summed E-state index contributed by atoms with van der Waals surface area (Å²) in [6.45, 7) is 0.535. The third-order valence-corrected chi connectivity index (χ3v) is 5.76. The third-order valence-electron chi connectivity index (χ3n) is 4.15. The number of hydrogen-bond acceptors (Lipinski definition) is 7. The highest BCUT2D eigenvalue weighted by Gasteiger charge is 2.26. The van der Waals surface area contributed by atoms with E-state index in [1.807, 2.05) is 0 Å². The lowest BCUT2D eigenvalue weighted by atomic mass is 10.00. The molecule has 4 N–H and O–H groups in total. The van der Waals surface area contributed by atoms with Crippen LogP contribution < -0.4 is 15.8 Å². The molecule has 0 bridgehead atoms. The molecule has 7 nitrogen and oxygen atoms in total. The minimum atomic E-state index is -0.299. The van der Waals surface area contributed by atoms with Gasteiger partial charge in [0.2, 0.25) is 5.95 Å². The summed E-state index contributed by atoms with van der Waals surface area (Å²) in [5.74, 6) is 0.380. The van der Waals surface area contributed by atoms with Crippen LogP contribution in [0.15, 0.2) is 12.1 Å². The van der Waals surface area contributed by atoms with Gasteiger partial charge >= 0.3 is 0 Å². The number of aromatic nitrogens is 2. The molecule has 1 amide bonds. The van der Waals surface area contributed by atoms with Gasteiger partial charge in [-0.2, -0.15) is 0 Å². The van der Waals surface area contributed by atoms with E-state index in [9.17, 15) is 4.79 Å². The first kappa shape index (κ1) is 18.2. The summed E-state index contributed by atoms with van der Waals surface area (Å²) in [6, 6.07) is 3.32. The molecule has 0 fully saturated rings. The maximum absolute atomic E-state index is 12.3. The van der Waals surface area contributed by atoms with Crippen LogP contribution in [-0.4, -0.2) is 40.7 Å². The lowest BCUT2D eigenvalue weighted by molar-refractivity contribution is 0.0949. The molecule has 3 heterocycles. The monoisotopic (exact) mass is 424 g/mol. The topological polar surface area (TPSA) is 110 Å². The van der Waals surface area contributed by atoms with Crippen molar-refractivity contribution in [2.24, 2.45) is 0 Å². The van der Waals surface area contributed by atoms with Crippen molar-refractivity contribution < 1.29 is 14.6 Å². The zero-order valence-corrected chi connectivity index (χ0v) is 16.2. The molecule has 140 valence electrons. The quantitative estimate of drug-likeness (QED) is 0.593. The van der Waals surface area contributed by atoms with Crippen LogP contribution in [0.4, 0.5) is 5.95 Å². The predicted octanol–water partition coefficient (Wildman–Crippen LogP) is 2.90. The van der Waals surface area contributed by atoms with Crippen molar-refractivity contribution in [1.29, 1.82) is 0 Å². The molecule has 0 saturated heterocycles. The van der Waals surface area contributed by atoms with E-state index < -0.39 is 0 Å². The van der Waals surface area contributed by atoms with Crippen LogP contribution in [-0.2, 0) is 6.42 Å². The highest BCUT2D eigenvalue weighted by Crippen LogP contribution is 2.46. The fourth-order valence-corrected chi connectivity index (χ4v) is 4.65. The van der Waals surface area contributed by atoms with Gasteiger partial charge in [0.05, 0.1) is 33.8 Å². The molecule has 2 aromatic heterocycles. The van der Waals surface area contributed by atoms with Crippen LogP contribution in [0.3, 0.4) is 0 Å². The standard InChI is InChI=1S/C17H14Cl2N4O3S/c18-9-6-10(19)14-7(1-4-26-14)12(9)13-8-5-11(15(25)21-2-3-24)27-16(8)23-17(20)22-13/h5-6,24H,1-4H2,(H,21,25)(H2,20,22,23). The lowest BCUT2D eigenvalue weighted by Crippen LogP contribution is -2.25. The maximum Gasteiger partial charge on any atom is 0.261 e. The molecule has 10 heteroatoms. The Morgan fingerprint density at radius 2 is 2.15 bits per heavy atom. The van der Waals surface area contributed by atoms with Gasteiger partial charge in [0, 0.05) is 29.5 Å². The number of aliphatic hydroxyl groups is 1. The van der Waals surface area contributed by atoms with E-state index in [1.54, 1.807) is 12.1 Å². The number of amides is 1. The SMILES string of the molecule is Nc1nc(-c2c(Cl)cc(Cl)c3c2CCO3)c2cc(C(=O)NCCO)sc2n1. The first-order chi connectivity index (χ1) is 13.0. The van der Waals surface area contributed by atoms with Crippen LogP contribution >= 0.6 is 34.5 Å². The second-order valence-corrected chi connectivity index (χ2v) is 7.71. The van der Waals surface area contributed by atoms with Crippen LogP contribution in [0.2, 0.25) is 10.0 Å². The fraction of sp³-hybridized carbons (Fsp3) is 0.235. The zero-order chi connectivity index (χ0) is 19.1. The van der Waals surface area contributed by atoms with Gasteiger partial charge in [-0.15, -0.1) is 11.3 Å². The number of nitrogens with zero attached hydrogens (tertiary/aromatic N) is 2. The Morgan fingerprint density at radius 3 is 2.93 bits per heavy atom. The minimum Gasteiger partial charge on any atom is -0.491 e. The van der Waals surface area contributed by atoms with Crippen LogP contribution in [0, 0.1) is 0 Å². The summed E-state index contributed by atoms with van der Waals surface area (Å²) in [7, 11) is 0. The van der Waals surface area contributed by atoms with E-state index in [0.29, 0.717) is 55.2 Å². The van der Waals surface area contributed by atoms with E-state index in [2.05, 4.69) is 15.3 Å². The molecular formula is C17H14Cl2N4O3S. The predicted molar refractivity (Wildman–Crippen MR) is 106 cm³/mol. The fourth-order valence-electron chi connectivity index (χ4n) is 3.05. The second-order valence-electron chi connectivity index (χ2n) is 5.86. The molecule has 3 aromatic rings. The number of rotatable bonds is 4. The highest BCUT2D eigenvalue weighted by molar-refractivity contribution is 7.20. The van der Waals surface area contributed by atoms with Gasteiger partial charge < -0.3 is 20.9 Å². The first-order valence-corrected chi connectivity index (χ1v) is 9.67. The number of anilines is 1. The van der Waals surface area contributed by atoms with Crippen molar-refractivity contribution >= 4 is 56.6 Å². The number of carbonyl (C=O) groups excluding carboxylic acids is 1. The number of carbonyl (C=O) groups is 1. The number of hydrogen-bond donors (Lipinski definition) is 3. The third kappa shape index (κ3) is 3.19. The first-order valence-electron chi connectivity index (χ1n) is 8.09. The Kier molecular flexibility index (Phi) is 4.81. The number of ether oxygens (including phenoxy) is 1. The van der Waals surface area contributed by atoms with Crippen LogP contribution in [0.5, 0.6) is 5.75 Å². The number of nitrogens with two attached hydrogens (primary N) is 1. The normalized spacial score (nSPS) is 12.9. The lowest BCUT2D eigenvalue weighted by Gasteiger charge is -2.12. The van der Waals surface area contributed by atoms with E-state index >= 15 is 0 Å². The van der Waals surface area contributed by atoms with Crippen LogP contribution in [0.25, 0.3) is 21.5 Å². The smallest absolute Gasteiger partial charge is 0.261 e. The molecule has 0 radical (unpaired) electrons. The molecule has 0 unspecified atom stereocenters. The van der Waals surface area contributed by atoms with Gasteiger partial charge in [-0.05, 0) is 12.1 Å². The van der Waals surface area contributed by atoms with E-state index in [1.165, 1.54) is 11.3 Å². The molecular weight excluding hydrogens is 411 g/mol. The Labute approximate surface area is 168 Å². The van der Waals surface area contributed by atoms with Crippen molar-refractivity contribution in [2.75, 3.05) is 25.5 Å². The molecule has 4 rings (SSSR count). The van der Waals surface area contributed by atoms with Crippen molar-refractivity contribution in [3.05, 3.63) is 32.6 Å². The summed E-state index contributed by atoms with van der Waals surface area (Å²) in [5.41, 5.74) is 8.00. The molecule has 0 aliphatic carbocycles. The molecule has 0 spiro atoms. The summed E-state index contributed by atoms with van der Waals surface area (Å²) in [4.78, 5) is 21.9. The summed E-state index contributed by atoms with van der Waals surface area (Å²) >= 11 is 13.9. The van der Waals surface area contributed by atoms with Crippen molar-refractivity contribution in [2.45, 2.75) is 6.42 Å². The van der Waals surface area contributed by atoms with E-state index in [4.69, 9.17) is 38.8 Å². The van der Waals surface area contributed by atoms with Crippen molar-refractivity contribution in [1.82, 2.24) is 15.3 Å². The molecule has 0 atom stereocenters. The van der Waals surface area contributed by atoms with Gasteiger partial charge in [-0.3, -0.25) is 4.79 Å². The average Bonchev–Trinajstić information content (AvgIpc) is 3.26. The number of thiophene rings is 1. The van der Waals surface area contributed by atoms with Gasteiger partial charge in [-0.1, -0.05) is 23.2 Å². The highest BCUT2D eigenvalue weighted by atomic mass is 35.5. The summed E-state index contributed by atoms with van der Waals surface area (Å²) < 4.78 is 5.63. The molecule has 0 saturated carbocycles. The summed E-state index contributed by atoms with van der Waals surface area (Å²) in [6.07, 6.45) is 0.643. The molecule has 1 aliphatic heterocycles. The number of nitrogens with one attached hydrogen (secondary N) is 1. The molecule has 1 aromatic carbocycles. The Morgan fingerprint density at radius 1 is 1.33 bits per heavy atom. The molecule has 27 heavy (non-hydrogen) atoms. The van der Waals surface area contributed by atoms with Crippen molar-refractivity contribution in [3.8, 4) is 17.0 Å². The largest absolute Gasteiger partial charge is 0.491 e. The zero-order valence-electron chi connectivity index (χ0n) is 13.9. The maximum atomic E-state index is 12.3. The number of benzene rings is 1. The number of aliphatic hydroxyl groups excluding tert-OH is 1. The van der Waals surface area contributed by atoms with Gasteiger partial charge in [0.15, 0.2) is 0 Å². The average molecular weight is 425 g/mol. The minimum absolute atomic E-state index is 0.0837. The van der Waals surface area contributed by atoms with E-state index in [-0.39, 0.29) is 25.0 Å². The van der Waals surface area contributed by atoms with Gasteiger partial charge in [0.25, 0.3) is 5.91 Å². The van der Waals surface area contributed by atoms with Gasteiger partial charge in [-0.25, -0.2) is 9.97 Å². The number of nitrogen functional groups attached to an aromatic ring is 1. The van der Waals surface area contributed by atoms with Crippen molar-refractivity contribution in [3.63, 3.8) is 0 Å². The molecule has 1 aliphatic rings. The Balaban J connectivity index is 1.92. The number of halogens is 2. The summed E-state index contributed by atoms with van der Waals surface area (Å²) in [5, 5.41) is 13.1. The Hall–Kier alpha value is -2.13.